The minimum absolute atomic E-state index is 0.302. The van der Waals surface area contributed by atoms with Crippen LogP contribution in [0.15, 0.2) is 0 Å². The van der Waals surface area contributed by atoms with Crippen LogP contribution in [0.1, 0.15) is 6.92 Å². The number of nitrogens with one attached hydrogen (secondary N) is 1. The van der Waals surface area contributed by atoms with E-state index in [0.29, 0.717) is 19.8 Å². The quantitative estimate of drug-likeness (QED) is 0.497. The molecule has 0 aromatic rings. The van der Waals surface area contributed by atoms with Crippen LogP contribution in [0.3, 0.4) is 0 Å². The Bertz CT molecular complexity index is 84.3. The highest BCUT2D eigenvalue weighted by Gasteiger charge is 1.82. The minimum atomic E-state index is -1.25. The molecule has 0 saturated carbocycles. The van der Waals surface area contributed by atoms with Crippen molar-refractivity contribution in [3.8, 4) is 0 Å². The number of carboxylic acid groups (broad SMARTS) is 1. The Morgan fingerprint density at radius 2 is 2.44 bits per heavy atom. The van der Waals surface area contributed by atoms with E-state index < -0.39 is 6.09 Å². The summed E-state index contributed by atoms with van der Waals surface area (Å²) in [5.74, 6) is 0. The molecule has 54 valence electrons. The standard InChI is InChI=1S/C5H11NO3/c1-2-9-4-3-6-5(7)8/h6H,2-4H2,1H3,(H,7,8)/p-1. The average Bonchev–Trinajstić information content (AvgIpc) is 1.80. The molecule has 0 atom stereocenters. The van der Waals surface area contributed by atoms with Gasteiger partial charge in [0.05, 0.1) is 6.61 Å². The van der Waals surface area contributed by atoms with Gasteiger partial charge in [0, 0.05) is 13.2 Å². The van der Waals surface area contributed by atoms with Crippen LogP contribution in [0.25, 0.3) is 0 Å². The lowest BCUT2D eigenvalue weighted by molar-refractivity contribution is -0.250. The summed E-state index contributed by atoms with van der Waals surface area (Å²) in [6.07, 6.45) is -1.25. The summed E-state index contributed by atoms with van der Waals surface area (Å²) < 4.78 is 4.83. The van der Waals surface area contributed by atoms with Gasteiger partial charge in [-0.05, 0) is 6.92 Å². The average molecular weight is 132 g/mol. The number of carbonyl (C=O) groups is 1. The summed E-state index contributed by atoms with van der Waals surface area (Å²) in [7, 11) is 0. The SMILES string of the molecule is CCOCCNC(=O)[O-]. The van der Waals surface area contributed by atoms with Gasteiger partial charge < -0.3 is 20.0 Å². The molecular weight excluding hydrogens is 122 g/mol. The molecule has 0 aromatic carbocycles. The van der Waals surface area contributed by atoms with Gasteiger partial charge >= 0.3 is 0 Å². The molecule has 0 heterocycles. The summed E-state index contributed by atoms with van der Waals surface area (Å²) in [5, 5.41) is 11.7. The largest absolute Gasteiger partial charge is 0.530 e. The molecule has 0 saturated heterocycles. The molecule has 4 heteroatoms. The van der Waals surface area contributed by atoms with Gasteiger partial charge in [-0.25, -0.2) is 0 Å². The number of ether oxygens (including phenoxy) is 1. The second-order valence-electron chi connectivity index (χ2n) is 1.41. The molecule has 1 N–H and O–H groups in total. The van der Waals surface area contributed by atoms with Gasteiger partial charge in [0.1, 0.15) is 6.09 Å². The molecule has 9 heavy (non-hydrogen) atoms. The van der Waals surface area contributed by atoms with Crippen LogP contribution in [-0.4, -0.2) is 25.9 Å². The lowest BCUT2D eigenvalue weighted by Gasteiger charge is -2.04. The van der Waals surface area contributed by atoms with E-state index in [9.17, 15) is 9.90 Å². The van der Waals surface area contributed by atoms with Crippen molar-refractivity contribution in [1.29, 1.82) is 0 Å². The normalized spacial score (nSPS) is 9.00. The lowest BCUT2D eigenvalue weighted by atomic mass is 10.7. The molecule has 0 bridgehead atoms. The third kappa shape index (κ3) is 7.23. The molecular formula is C5H10NO3-. The highest BCUT2D eigenvalue weighted by atomic mass is 16.5. The predicted octanol–water partition coefficient (Wildman–Crippen LogP) is -1.04. The van der Waals surface area contributed by atoms with Crippen molar-refractivity contribution >= 4 is 6.09 Å². The van der Waals surface area contributed by atoms with Crippen molar-refractivity contribution < 1.29 is 14.6 Å². The number of amides is 1. The number of carbonyl (C=O) groups excluding carboxylic acids is 1. The Kier molecular flexibility index (Phi) is 4.91. The fraction of sp³-hybridized carbons (Fsp3) is 0.800. The Morgan fingerprint density at radius 3 is 2.89 bits per heavy atom. The first-order chi connectivity index (χ1) is 4.27. The van der Waals surface area contributed by atoms with E-state index in [2.05, 4.69) is 5.32 Å². The molecule has 0 fully saturated rings. The summed E-state index contributed by atoms with van der Waals surface area (Å²) in [5.41, 5.74) is 0. The Morgan fingerprint density at radius 1 is 1.78 bits per heavy atom. The van der Waals surface area contributed by atoms with Crippen molar-refractivity contribution in [2.24, 2.45) is 0 Å². The van der Waals surface area contributed by atoms with Gasteiger partial charge in [-0.2, -0.15) is 0 Å². The zero-order valence-electron chi connectivity index (χ0n) is 5.35. The van der Waals surface area contributed by atoms with E-state index in [1.807, 2.05) is 6.92 Å². The van der Waals surface area contributed by atoms with Gasteiger partial charge in [-0.3, -0.25) is 0 Å². The highest BCUT2D eigenvalue weighted by molar-refractivity contribution is 5.61. The zero-order chi connectivity index (χ0) is 7.11. The number of hydrogen-bond acceptors (Lipinski definition) is 3. The van der Waals surface area contributed by atoms with E-state index in [1.54, 1.807) is 0 Å². The van der Waals surface area contributed by atoms with Crippen LogP contribution < -0.4 is 10.4 Å². The maximum Gasteiger partial charge on any atom is 0.134 e. The first kappa shape index (κ1) is 8.23. The molecule has 4 nitrogen and oxygen atoms in total. The van der Waals surface area contributed by atoms with Crippen LogP contribution in [0, 0.1) is 0 Å². The topological polar surface area (TPSA) is 61.4 Å². The van der Waals surface area contributed by atoms with Crippen molar-refractivity contribution in [3.63, 3.8) is 0 Å². The highest BCUT2D eigenvalue weighted by Crippen LogP contribution is 1.68. The van der Waals surface area contributed by atoms with Crippen molar-refractivity contribution in [2.45, 2.75) is 6.92 Å². The van der Waals surface area contributed by atoms with E-state index in [0.717, 1.165) is 0 Å². The summed E-state index contributed by atoms with van der Waals surface area (Å²) in [4.78, 5) is 9.68. The van der Waals surface area contributed by atoms with E-state index in [4.69, 9.17) is 4.74 Å². The van der Waals surface area contributed by atoms with Crippen LogP contribution in [0.5, 0.6) is 0 Å². The monoisotopic (exact) mass is 132 g/mol. The molecule has 0 aliphatic carbocycles. The molecule has 1 amide bonds. The van der Waals surface area contributed by atoms with E-state index in [-0.39, 0.29) is 0 Å². The number of hydrogen-bond donors (Lipinski definition) is 1. The first-order valence-corrected chi connectivity index (χ1v) is 2.80. The third-order valence-corrected chi connectivity index (χ3v) is 0.720. The van der Waals surface area contributed by atoms with Gasteiger partial charge in [0.25, 0.3) is 0 Å². The second-order valence-corrected chi connectivity index (χ2v) is 1.41. The summed E-state index contributed by atoms with van der Waals surface area (Å²) in [6.45, 7) is 3.16. The van der Waals surface area contributed by atoms with Crippen LogP contribution in [0.4, 0.5) is 4.79 Å². The van der Waals surface area contributed by atoms with Crippen LogP contribution >= 0.6 is 0 Å². The molecule has 0 unspecified atom stereocenters. The molecule has 0 aromatic heterocycles. The second kappa shape index (κ2) is 5.37. The van der Waals surface area contributed by atoms with E-state index >= 15 is 0 Å². The van der Waals surface area contributed by atoms with E-state index in [1.165, 1.54) is 0 Å². The van der Waals surface area contributed by atoms with Crippen molar-refractivity contribution in [3.05, 3.63) is 0 Å². The fourth-order valence-electron chi connectivity index (χ4n) is 0.370. The zero-order valence-corrected chi connectivity index (χ0v) is 5.35. The summed E-state index contributed by atoms with van der Waals surface area (Å²) >= 11 is 0. The van der Waals surface area contributed by atoms with Crippen LogP contribution in [0.2, 0.25) is 0 Å². The third-order valence-electron chi connectivity index (χ3n) is 0.720. The maximum atomic E-state index is 9.68. The van der Waals surface area contributed by atoms with Gasteiger partial charge in [-0.1, -0.05) is 0 Å². The Balaban J connectivity index is 2.83. The summed E-state index contributed by atoms with van der Waals surface area (Å²) in [6, 6.07) is 0. The number of rotatable bonds is 4. The van der Waals surface area contributed by atoms with Crippen molar-refractivity contribution in [1.82, 2.24) is 5.32 Å². The van der Waals surface area contributed by atoms with Gasteiger partial charge in [-0.15, -0.1) is 0 Å². The Labute approximate surface area is 53.8 Å². The molecule has 0 aliphatic heterocycles. The van der Waals surface area contributed by atoms with Gasteiger partial charge in [0.2, 0.25) is 0 Å². The minimum Gasteiger partial charge on any atom is -0.530 e. The van der Waals surface area contributed by atoms with Crippen LogP contribution in [-0.2, 0) is 4.74 Å². The fourth-order valence-corrected chi connectivity index (χ4v) is 0.370. The molecule has 0 aliphatic rings. The first-order valence-electron chi connectivity index (χ1n) is 2.80. The maximum absolute atomic E-state index is 9.68. The molecule has 0 radical (unpaired) electrons. The molecule has 0 rings (SSSR count). The van der Waals surface area contributed by atoms with Gasteiger partial charge in [0.15, 0.2) is 0 Å². The lowest BCUT2D eigenvalue weighted by Crippen LogP contribution is -2.38. The predicted molar refractivity (Wildman–Crippen MR) is 29.9 cm³/mol. The Hall–Kier alpha value is -0.770. The smallest absolute Gasteiger partial charge is 0.134 e. The van der Waals surface area contributed by atoms with Crippen molar-refractivity contribution in [2.75, 3.05) is 19.8 Å². The molecule has 0 spiro atoms.